The van der Waals surface area contributed by atoms with Crippen molar-refractivity contribution in [3.63, 3.8) is 0 Å². The summed E-state index contributed by atoms with van der Waals surface area (Å²) < 4.78 is 78.7. The van der Waals surface area contributed by atoms with Gasteiger partial charge in [0.1, 0.15) is 6.61 Å². The Morgan fingerprint density at radius 2 is 1.71 bits per heavy atom. The number of aryl methyl sites for hydroxylation is 2. The number of halogens is 3. The molecule has 0 radical (unpaired) electrons. The van der Waals surface area contributed by atoms with Crippen molar-refractivity contribution in [2.45, 2.75) is 75.1 Å². The van der Waals surface area contributed by atoms with E-state index in [1.54, 1.807) is 6.07 Å². The monoisotopic (exact) mass is 643 g/mol. The Morgan fingerprint density at radius 3 is 2.33 bits per heavy atom. The maximum absolute atomic E-state index is 14.3. The first-order valence-corrected chi connectivity index (χ1v) is 16.4. The Balaban J connectivity index is 1.49. The number of anilines is 1. The second kappa shape index (κ2) is 11.3. The van der Waals surface area contributed by atoms with E-state index >= 15 is 0 Å². The van der Waals surface area contributed by atoms with Crippen molar-refractivity contribution < 1.29 is 31.1 Å². The highest BCUT2D eigenvalue weighted by atomic mass is 32.2. The number of alkyl halides is 3. The van der Waals surface area contributed by atoms with Gasteiger partial charge in [0.25, 0.3) is 15.9 Å². The standard InChI is InChI=1S/C32H36F3N5O4S/c1-19-7-5-8-20(2)28(19)26-16-27-37-30(36-26)38-45(42,43)25-10-6-9-21(13-25)29(41)40(23-14-22(15-23)39(3)4)24(18-44-27)17-31(11-12-31)32(33,34)35/h5-10,13,16,22-24H,11-12,14-15,17-18H2,1-4H3,(H,36,37,38)/t22?,23?,24-/m1/s1. The Bertz CT molecular complexity index is 1720. The third-order valence-corrected chi connectivity index (χ3v) is 10.7. The molecule has 2 aliphatic carbocycles. The van der Waals surface area contributed by atoms with Crippen LogP contribution in [0.2, 0.25) is 0 Å². The van der Waals surface area contributed by atoms with Crippen molar-refractivity contribution in [3.8, 4) is 17.1 Å². The number of rotatable bonds is 5. The summed E-state index contributed by atoms with van der Waals surface area (Å²) in [6, 6.07) is 11.6. The molecule has 3 aromatic rings. The van der Waals surface area contributed by atoms with E-state index in [0.29, 0.717) is 18.5 Å². The maximum atomic E-state index is 14.3. The first kappa shape index (κ1) is 31.3. The number of aromatic nitrogens is 2. The molecular formula is C32H36F3N5O4S. The van der Waals surface area contributed by atoms with Gasteiger partial charge in [0, 0.05) is 29.3 Å². The first-order chi connectivity index (χ1) is 21.2. The molecular weight excluding hydrogens is 607 g/mol. The molecule has 6 rings (SSSR count). The van der Waals surface area contributed by atoms with Crippen molar-refractivity contribution in [2.75, 3.05) is 25.4 Å². The third-order valence-electron chi connectivity index (χ3n) is 9.40. The van der Waals surface area contributed by atoms with Gasteiger partial charge in [0.15, 0.2) is 0 Å². The molecule has 2 fully saturated rings. The van der Waals surface area contributed by atoms with Crippen LogP contribution in [0.25, 0.3) is 11.3 Å². The highest BCUT2D eigenvalue weighted by molar-refractivity contribution is 7.92. The van der Waals surface area contributed by atoms with Gasteiger partial charge in [0.05, 0.1) is 22.0 Å². The van der Waals surface area contributed by atoms with Gasteiger partial charge >= 0.3 is 6.18 Å². The van der Waals surface area contributed by atoms with E-state index in [4.69, 9.17) is 4.74 Å². The molecule has 1 atom stereocenters. The molecule has 3 aliphatic rings. The predicted molar refractivity (Wildman–Crippen MR) is 162 cm³/mol. The molecule has 4 bridgehead atoms. The summed E-state index contributed by atoms with van der Waals surface area (Å²) in [4.78, 5) is 26.4. The second-order valence-corrected chi connectivity index (χ2v) is 14.4. The number of hydrogen-bond donors (Lipinski definition) is 1. The molecule has 1 amide bonds. The summed E-state index contributed by atoms with van der Waals surface area (Å²) in [5, 5.41) is 0. The average molecular weight is 644 g/mol. The highest BCUT2D eigenvalue weighted by Gasteiger charge is 2.64. The van der Waals surface area contributed by atoms with Gasteiger partial charge in [-0.1, -0.05) is 24.3 Å². The number of ether oxygens (including phenoxy) is 1. The summed E-state index contributed by atoms with van der Waals surface area (Å²) in [6.45, 7) is 3.53. The van der Waals surface area contributed by atoms with Gasteiger partial charge in [0.2, 0.25) is 11.8 Å². The normalized spacial score (nSPS) is 24.0. The quantitative estimate of drug-likeness (QED) is 0.387. The highest BCUT2D eigenvalue weighted by Crippen LogP contribution is 2.61. The predicted octanol–water partition coefficient (Wildman–Crippen LogP) is 5.59. The molecule has 1 N–H and O–H groups in total. The average Bonchev–Trinajstić information content (AvgIpc) is 3.73. The van der Waals surface area contributed by atoms with Gasteiger partial charge in [-0.15, -0.1) is 0 Å². The molecule has 0 unspecified atom stereocenters. The summed E-state index contributed by atoms with van der Waals surface area (Å²) in [5.41, 5.74) is 1.07. The van der Waals surface area contributed by atoms with Crippen molar-refractivity contribution >= 4 is 21.9 Å². The van der Waals surface area contributed by atoms with Crippen molar-refractivity contribution in [1.29, 1.82) is 0 Å². The molecule has 0 saturated heterocycles. The number of benzene rings is 2. The van der Waals surface area contributed by atoms with Crippen LogP contribution in [0.1, 0.15) is 53.6 Å². The molecule has 1 aromatic heterocycles. The van der Waals surface area contributed by atoms with Gasteiger partial charge < -0.3 is 14.5 Å². The molecule has 0 spiro atoms. The number of fused-ring (bicyclic) bond motifs is 4. The number of sulfonamides is 1. The van der Waals surface area contributed by atoms with Crippen LogP contribution < -0.4 is 9.46 Å². The molecule has 9 nitrogen and oxygen atoms in total. The largest absolute Gasteiger partial charge is 0.475 e. The fourth-order valence-corrected chi connectivity index (χ4v) is 7.47. The third kappa shape index (κ3) is 5.99. The molecule has 1 aliphatic heterocycles. The van der Waals surface area contributed by atoms with Crippen molar-refractivity contribution in [3.05, 3.63) is 65.2 Å². The number of nitrogens with zero attached hydrogens (tertiary/aromatic N) is 4. The van der Waals surface area contributed by atoms with Crippen molar-refractivity contribution in [1.82, 2.24) is 19.8 Å². The van der Waals surface area contributed by atoms with E-state index in [1.165, 1.54) is 29.2 Å². The Kier molecular flexibility index (Phi) is 7.83. The number of carbonyl (C=O) groups is 1. The lowest BCUT2D eigenvalue weighted by Crippen LogP contribution is -2.59. The Morgan fingerprint density at radius 1 is 1.04 bits per heavy atom. The van der Waals surface area contributed by atoms with E-state index in [0.717, 1.165) is 16.7 Å². The summed E-state index contributed by atoms with van der Waals surface area (Å²) in [7, 11) is -0.410. The van der Waals surface area contributed by atoms with Crippen LogP contribution >= 0.6 is 0 Å². The lowest BCUT2D eigenvalue weighted by molar-refractivity contribution is -0.193. The van der Waals surface area contributed by atoms with Crippen LogP contribution in [-0.2, 0) is 10.0 Å². The summed E-state index contributed by atoms with van der Waals surface area (Å²) in [6.07, 6.45) is -3.67. The molecule has 2 saturated carbocycles. The smallest absolute Gasteiger partial charge is 0.394 e. The molecule has 2 aromatic carbocycles. The zero-order valence-electron chi connectivity index (χ0n) is 25.6. The number of nitrogens with one attached hydrogen (secondary N) is 1. The zero-order chi connectivity index (χ0) is 32.3. The van der Waals surface area contributed by atoms with Crippen LogP contribution in [0.15, 0.2) is 53.4 Å². The number of amides is 1. The second-order valence-electron chi connectivity index (χ2n) is 12.7. The Labute approximate surface area is 260 Å². The first-order valence-electron chi connectivity index (χ1n) is 14.9. The van der Waals surface area contributed by atoms with E-state index in [2.05, 4.69) is 14.7 Å². The fourth-order valence-electron chi connectivity index (χ4n) is 6.48. The number of hydrogen-bond acceptors (Lipinski definition) is 7. The molecule has 240 valence electrons. The summed E-state index contributed by atoms with van der Waals surface area (Å²) in [5.74, 6) is -0.800. The zero-order valence-corrected chi connectivity index (χ0v) is 26.4. The van der Waals surface area contributed by atoms with Crippen LogP contribution in [0.3, 0.4) is 0 Å². The molecule has 2 heterocycles. The SMILES string of the molecule is Cc1cccc(C)c1-c1cc2nc(n1)NS(=O)(=O)c1cccc(c1)C(=O)N(C1CC(N(C)C)C1)[C@H](CC1(C(F)(F)F)CC1)CO2. The lowest BCUT2D eigenvalue weighted by Gasteiger charge is -2.49. The molecule has 45 heavy (non-hydrogen) atoms. The van der Waals surface area contributed by atoms with Crippen LogP contribution in [0.5, 0.6) is 5.88 Å². The van der Waals surface area contributed by atoms with Gasteiger partial charge in [-0.2, -0.15) is 18.2 Å². The minimum atomic E-state index is -4.44. The fraction of sp³-hybridized carbons (Fsp3) is 0.469. The van der Waals surface area contributed by atoms with Crippen molar-refractivity contribution in [2.24, 2.45) is 5.41 Å². The minimum Gasteiger partial charge on any atom is -0.475 e. The van der Waals surface area contributed by atoms with E-state index < -0.39 is 33.6 Å². The number of carbonyl (C=O) groups excluding carboxylic acids is 1. The van der Waals surface area contributed by atoms with Gasteiger partial charge in [-0.05, 0) is 89.4 Å². The van der Waals surface area contributed by atoms with E-state index in [9.17, 15) is 26.4 Å². The van der Waals surface area contributed by atoms with Crippen LogP contribution in [-0.4, -0.2) is 79.1 Å². The summed E-state index contributed by atoms with van der Waals surface area (Å²) >= 11 is 0. The van der Waals surface area contributed by atoms with Crippen LogP contribution in [0.4, 0.5) is 19.1 Å². The lowest BCUT2D eigenvalue weighted by atomic mass is 9.82. The minimum absolute atomic E-state index is 0.0136. The topological polar surface area (TPSA) is 105 Å². The molecule has 13 heteroatoms. The van der Waals surface area contributed by atoms with E-state index in [-0.39, 0.29) is 60.2 Å². The van der Waals surface area contributed by atoms with Gasteiger partial charge in [-0.25, -0.2) is 18.1 Å². The van der Waals surface area contributed by atoms with E-state index in [1.807, 2.05) is 51.0 Å². The maximum Gasteiger partial charge on any atom is 0.394 e. The van der Waals surface area contributed by atoms with Crippen LogP contribution in [0, 0.1) is 19.3 Å². The Hall–Kier alpha value is -3.71. The van der Waals surface area contributed by atoms with Gasteiger partial charge in [-0.3, -0.25) is 4.79 Å².